The number of hydrogen-bond donors (Lipinski definition) is 2. The van der Waals surface area contributed by atoms with Gasteiger partial charge in [0.1, 0.15) is 0 Å². The molecule has 1 aliphatic rings. The maximum atomic E-state index is 12.4. The highest BCUT2D eigenvalue weighted by atomic mass is 16.5. The molecule has 7 nitrogen and oxygen atoms in total. The van der Waals surface area contributed by atoms with Gasteiger partial charge < -0.3 is 24.6 Å². The Morgan fingerprint density at radius 2 is 2.16 bits per heavy atom. The zero-order chi connectivity index (χ0) is 17.7. The van der Waals surface area contributed by atoms with E-state index in [1.54, 1.807) is 19.6 Å². The average Bonchev–Trinajstić information content (AvgIpc) is 3.14. The van der Waals surface area contributed by atoms with Crippen molar-refractivity contribution in [2.24, 2.45) is 0 Å². The molecule has 0 unspecified atom stereocenters. The van der Waals surface area contributed by atoms with E-state index in [2.05, 4.69) is 10.3 Å². The van der Waals surface area contributed by atoms with Crippen LogP contribution in [0.5, 0.6) is 0 Å². The quantitative estimate of drug-likeness (QED) is 0.863. The molecular weight excluding hydrogens is 320 g/mol. The molecule has 1 fully saturated rings. The molecule has 7 heteroatoms. The largest absolute Gasteiger partial charge is 0.388 e. The number of aromatic nitrogens is 2. The van der Waals surface area contributed by atoms with Crippen LogP contribution < -0.4 is 5.32 Å². The van der Waals surface area contributed by atoms with Crippen LogP contribution in [0.2, 0.25) is 0 Å². The van der Waals surface area contributed by atoms with E-state index in [0.29, 0.717) is 39.1 Å². The lowest BCUT2D eigenvalue weighted by molar-refractivity contribution is -0.0722. The lowest BCUT2D eigenvalue weighted by atomic mass is 9.94. The van der Waals surface area contributed by atoms with E-state index < -0.39 is 5.60 Å². The summed E-state index contributed by atoms with van der Waals surface area (Å²) in [6.45, 7) is 1.76. The minimum absolute atomic E-state index is 0.208. The Kier molecular flexibility index (Phi) is 5.35. The molecule has 1 aromatic heterocycles. The number of imidazole rings is 1. The molecule has 2 aromatic rings. The lowest BCUT2D eigenvalue weighted by Gasteiger charge is -2.35. The van der Waals surface area contributed by atoms with Crippen molar-refractivity contribution >= 4 is 6.03 Å². The third-order valence-electron chi connectivity index (χ3n) is 4.51. The van der Waals surface area contributed by atoms with E-state index in [1.807, 2.05) is 35.0 Å². The van der Waals surface area contributed by atoms with Gasteiger partial charge in [0, 0.05) is 52.0 Å². The van der Waals surface area contributed by atoms with Crippen molar-refractivity contribution in [1.29, 1.82) is 0 Å². The van der Waals surface area contributed by atoms with E-state index >= 15 is 0 Å². The molecule has 3 rings (SSSR count). The third-order valence-corrected chi connectivity index (χ3v) is 4.51. The van der Waals surface area contributed by atoms with Crippen molar-refractivity contribution in [3.05, 3.63) is 48.5 Å². The first-order chi connectivity index (χ1) is 12.1. The van der Waals surface area contributed by atoms with Gasteiger partial charge in [0.15, 0.2) is 0 Å². The number of nitrogens with one attached hydrogen (secondary N) is 1. The highest BCUT2D eigenvalue weighted by Gasteiger charge is 2.32. The van der Waals surface area contributed by atoms with Crippen LogP contribution in [-0.2, 0) is 11.3 Å². The molecule has 2 amide bonds. The van der Waals surface area contributed by atoms with E-state index in [9.17, 15) is 9.90 Å². The predicted molar refractivity (Wildman–Crippen MR) is 93.4 cm³/mol. The van der Waals surface area contributed by atoms with Crippen LogP contribution in [0.15, 0.2) is 43.0 Å². The van der Waals surface area contributed by atoms with Gasteiger partial charge in [-0.1, -0.05) is 18.2 Å². The van der Waals surface area contributed by atoms with Gasteiger partial charge >= 0.3 is 6.03 Å². The van der Waals surface area contributed by atoms with Crippen molar-refractivity contribution < 1.29 is 14.6 Å². The Morgan fingerprint density at radius 3 is 2.88 bits per heavy atom. The van der Waals surface area contributed by atoms with Crippen molar-refractivity contribution in [3.8, 4) is 5.69 Å². The summed E-state index contributed by atoms with van der Waals surface area (Å²) in [6.07, 6.45) is 6.42. The monoisotopic (exact) mass is 344 g/mol. The zero-order valence-electron chi connectivity index (χ0n) is 14.4. The first kappa shape index (κ1) is 17.4. The van der Waals surface area contributed by atoms with Gasteiger partial charge in [-0.05, 0) is 11.6 Å². The van der Waals surface area contributed by atoms with E-state index in [0.717, 1.165) is 11.3 Å². The van der Waals surface area contributed by atoms with E-state index in [1.165, 1.54) is 4.90 Å². The minimum Gasteiger partial charge on any atom is -0.388 e. The van der Waals surface area contributed by atoms with Crippen LogP contribution in [0.4, 0.5) is 4.79 Å². The van der Waals surface area contributed by atoms with Gasteiger partial charge in [-0.3, -0.25) is 0 Å². The van der Waals surface area contributed by atoms with Crippen LogP contribution >= 0.6 is 0 Å². The topological polar surface area (TPSA) is 79.6 Å². The Morgan fingerprint density at radius 1 is 1.40 bits per heavy atom. The maximum absolute atomic E-state index is 12.4. The molecule has 1 aromatic carbocycles. The SMILES string of the molecule is CN(CC1(O)CCOCC1)C(=O)NCc1ccccc1-n1ccnc1. The van der Waals surface area contributed by atoms with Crippen molar-refractivity contribution in [3.63, 3.8) is 0 Å². The zero-order valence-corrected chi connectivity index (χ0v) is 14.4. The molecule has 0 radical (unpaired) electrons. The molecule has 0 saturated carbocycles. The number of para-hydroxylation sites is 1. The molecule has 0 aliphatic carbocycles. The third kappa shape index (κ3) is 4.37. The fourth-order valence-corrected chi connectivity index (χ4v) is 3.04. The van der Waals surface area contributed by atoms with Gasteiger partial charge in [-0.25, -0.2) is 9.78 Å². The second kappa shape index (κ2) is 7.67. The Balaban J connectivity index is 1.59. The maximum Gasteiger partial charge on any atom is 0.317 e. The lowest BCUT2D eigenvalue weighted by Crippen LogP contribution is -2.49. The highest BCUT2D eigenvalue weighted by Crippen LogP contribution is 2.21. The number of carbonyl (C=O) groups is 1. The fraction of sp³-hybridized carbons (Fsp3) is 0.444. The van der Waals surface area contributed by atoms with Crippen LogP contribution in [0.1, 0.15) is 18.4 Å². The van der Waals surface area contributed by atoms with Gasteiger partial charge in [-0.2, -0.15) is 0 Å². The molecular formula is C18H24N4O3. The summed E-state index contributed by atoms with van der Waals surface area (Å²) < 4.78 is 7.19. The Bertz CT molecular complexity index is 696. The van der Waals surface area contributed by atoms with Crippen LogP contribution in [0.25, 0.3) is 5.69 Å². The number of urea groups is 1. The summed E-state index contributed by atoms with van der Waals surface area (Å²) in [4.78, 5) is 18.0. The molecule has 1 aliphatic heterocycles. The minimum atomic E-state index is -0.862. The summed E-state index contributed by atoms with van der Waals surface area (Å²) in [5, 5.41) is 13.5. The molecule has 134 valence electrons. The summed E-state index contributed by atoms with van der Waals surface area (Å²) >= 11 is 0. The van der Waals surface area contributed by atoms with Gasteiger partial charge in [0.05, 0.1) is 24.2 Å². The second-order valence-electron chi connectivity index (χ2n) is 6.45. The van der Waals surface area contributed by atoms with Gasteiger partial charge in [0.25, 0.3) is 0 Å². The molecule has 2 N–H and O–H groups in total. The number of amides is 2. The molecule has 1 saturated heterocycles. The second-order valence-corrected chi connectivity index (χ2v) is 6.45. The molecule has 0 atom stereocenters. The number of carbonyl (C=O) groups excluding carboxylic acids is 1. The van der Waals surface area contributed by atoms with Gasteiger partial charge in [0.2, 0.25) is 0 Å². The van der Waals surface area contributed by atoms with Crippen LogP contribution in [0, 0.1) is 0 Å². The molecule has 2 heterocycles. The first-order valence-electron chi connectivity index (χ1n) is 8.43. The summed E-state index contributed by atoms with van der Waals surface area (Å²) in [5.74, 6) is 0. The van der Waals surface area contributed by atoms with Crippen molar-refractivity contribution in [2.45, 2.75) is 25.0 Å². The number of ether oxygens (including phenoxy) is 1. The number of hydrogen-bond acceptors (Lipinski definition) is 4. The molecule has 25 heavy (non-hydrogen) atoms. The Hall–Kier alpha value is -2.38. The first-order valence-corrected chi connectivity index (χ1v) is 8.43. The standard InChI is InChI=1S/C18H24N4O3/c1-21(13-18(24)6-10-25-11-7-18)17(23)20-12-15-4-2-3-5-16(15)22-9-8-19-14-22/h2-5,8-9,14,24H,6-7,10-13H2,1H3,(H,20,23). The summed E-state index contributed by atoms with van der Waals surface area (Å²) in [5.41, 5.74) is 1.11. The average molecular weight is 344 g/mol. The number of rotatable bonds is 5. The van der Waals surface area contributed by atoms with Crippen molar-refractivity contribution in [1.82, 2.24) is 19.8 Å². The fourth-order valence-electron chi connectivity index (χ4n) is 3.04. The molecule has 0 spiro atoms. The van der Waals surface area contributed by atoms with Crippen LogP contribution in [-0.4, -0.2) is 58.0 Å². The smallest absolute Gasteiger partial charge is 0.317 e. The Labute approximate surface area is 147 Å². The van der Waals surface area contributed by atoms with Gasteiger partial charge in [-0.15, -0.1) is 0 Å². The molecule has 0 bridgehead atoms. The number of benzene rings is 1. The number of likely N-dealkylation sites (N-methyl/N-ethyl adjacent to an activating group) is 1. The van der Waals surface area contributed by atoms with Crippen LogP contribution in [0.3, 0.4) is 0 Å². The van der Waals surface area contributed by atoms with Crippen molar-refractivity contribution in [2.75, 3.05) is 26.8 Å². The number of aliphatic hydroxyl groups is 1. The summed E-state index contributed by atoms with van der Waals surface area (Å²) in [6, 6.07) is 7.64. The number of nitrogens with zero attached hydrogens (tertiary/aromatic N) is 3. The van der Waals surface area contributed by atoms with E-state index in [-0.39, 0.29) is 6.03 Å². The highest BCUT2D eigenvalue weighted by molar-refractivity contribution is 5.74. The normalized spacial score (nSPS) is 16.4. The summed E-state index contributed by atoms with van der Waals surface area (Å²) in [7, 11) is 1.70. The predicted octanol–water partition coefficient (Wildman–Crippen LogP) is 1.56. The van der Waals surface area contributed by atoms with E-state index in [4.69, 9.17) is 4.74 Å².